The normalized spacial score (nSPS) is 14.7. The van der Waals surface area contributed by atoms with Crippen molar-refractivity contribution in [1.29, 1.82) is 0 Å². The van der Waals surface area contributed by atoms with Crippen molar-refractivity contribution in [3.8, 4) is 44.5 Å². The van der Waals surface area contributed by atoms with Crippen LogP contribution < -0.4 is 4.90 Å². The Labute approximate surface area is 331 Å². The standard InChI is InChI=1S/C55H35NO/c1-3-16-36(17-4-1)38-20-13-22-40(34-38)56(41-23-14-21-39(35-41)37-18-5-2-6-19-37)50-30-15-29-48-52(50)44-25-7-10-27-46(44)55(48)47-28-11-8-26-45(47)53-49(55)33-32-43-42-24-9-12-31-51(42)57-54(43)53/h1-35H. The molecule has 10 aromatic rings. The molecule has 0 radical (unpaired) electrons. The summed E-state index contributed by atoms with van der Waals surface area (Å²) in [6.07, 6.45) is 0. The van der Waals surface area contributed by atoms with Crippen molar-refractivity contribution in [3.63, 3.8) is 0 Å². The lowest BCUT2D eigenvalue weighted by Crippen LogP contribution is -2.26. The molecule has 2 heteroatoms. The number of rotatable bonds is 5. The molecular weight excluding hydrogens is 691 g/mol. The number of furan rings is 1. The first-order valence-electron chi connectivity index (χ1n) is 19.7. The molecule has 0 fully saturated rings. The molecule has 1 aromatic heterocycles. The molecule has 57 heavy (non-hydrogen) atoms. The van der Waals surface area contributed by atoms with Gasteiger partial charge in [-0.15, -0.1) is 0 Å². The minimum absolute atomic E-state index is 0.537. The number of nitrogens with zero attached hydrogens (tertiary/aromatic N) is 1. The van der Waals surface area contributed by atoms with Gasteiger partial charge in [-0.2, -0.15) is 0 Å². The SMILES string of the molecule is c1ccc(-c2cccc(N(c3cccc(-c4ccccc4)c3)c3cccc4c3-c3ccccc3C43c4ccccc4-c4c3ccc3c4oc4ccccc43)c2)cc1. The zero-order chi connectivity index (χ0) is 37.5. The highest BCUT2D eigenvalue weighted by molar-refractivity contribution is 6.13. The molecule has 2 aliphatic carbocycles. The molecule has 0 aliphatic heterocycles. The Bertz CT molecular complexity index is 3110. The van der Waals surface area contributed by atoms with Crippen LogP contribution >= 0.6 is 0 Å². The number of hydrogen-bond donors (Lipinski definition) is 0. The van der Waals surface area contributed by atoms with Gasteiger partial charge in [-0.1, -0.05) is 176 Å². The van der Waals surface area contributed by atoms with Crippen molar-refractivity contribution in [3.05, 3.63) is 235 Å². The van der Waals surface area contributed by atoms with Crippen molar-refractivity contribution in [2.75, 3.05) is 4.90 Å². The third-order valence-corrected chi connectivity index (χ3v) is 12.3. The second kappa shape index (κ2) is 12.3. The van der Waals surface area contributed by atoms with Gasteiger partial charge in [0.05, 0.1) is 11.1 Å². The largest absolute Gasteiger partial charge is 0.455 e. The average Bonchev–Trinajstić information content (AvgIpc) is 3.92. The van der Waals surface area contributed by atoms with Gasteiger partial charge in [0.1, 0.15) is 11.2 Å². The number of anilines is 3. The van der Waals surface area contributed by atoms with Gasteiger partial charge >= 0.3 is 0 Å². The zero-order valence-electron chi connectivity index (χ0n) is 31.1. The van der Waals surface area contributed by atoms with E-state index >= 15 is 0 Å². The minimum Gasteiger partial charge on any atom is -0.455 e. The highest BCUT2D eigenvalue weighted by Crippen LogP contribution is 2.65. The van der Waals surface area contributed by atoms with Crippen LogP contribution in [0.2, 0.25) is 0 Å². The van der Waals surface area contributed by atoms with Crippen LogP contribution in [-0.2, 0) is 5.41 Å². The van der Waals surface area contributed by atoms with Crippen LogP contribution in [-0.4, -0.2) is 0 Å². The summed E-state index contributed by atoms with van der Waals surface area (Å²) in [6, 6.07) is 77.4. The summed E-state index contributed by atoms with van der Waals surface area (Å²) in [7, 11) is 0. The summed E-state index contributed by atoms with van der Waals surface area (Å²) in [6.45, 7) is 0. The molecule has 2 nitrogen and oxygen atoms in total. The van der Waals surface area contributed by atoms with E-state index in [1.807, 2.05) is 0 Å². The Kier molecular flexibility index (Phi) is 6.88. The molecule has 0 saturated carbocycles. The van der Waals surface area contributed by atoms with E-state index in [-0.39, 0.29) is 0 Å². The lowest BCUT2D eigenvalue weighted by Gasteiger charge is -2.32. The predicted octanol–water partition coefficient (Wildman–Crippen LogP) is 14.7. The van der Waals surface area contributed by atoms with Crippen LogP contribution in [0.15, 0.2) is 217 Å². The first kappa shape index (κ1) is 31.9. The molecule has 266 valence electrons. The zero-order valence-corrected chi connectivity index (χ0v) is 31.1. The van der Waals surface area contributed by atoms with E-state index in [0.29, 0.717) is 0 Å². The van der Waals surface area contributed by atoms with Gasteiger partial charge in [0.25, 0.3) is 0 Å². The number of benzene rings is 9. The Morgan fingerprint density at radius 2 is 0.860 bits per heavy atom. The summed E-state index contributed by atoms with van der Waals surface area (Å²) >= 11 is 0. The molecule has 1 heterocycles. The van der Waals surface area contributed by atoms with Crippen molar-refractivity contribution in [2.24, 2.45) is 0 Å². The van der Waals surface area contributed by atoms with Gasteiger partial charge in [0.2, 0.25) is 0 Å². The van der Waals surface area contributed by atoms with Crippen LogP contribution in [0.5, 0.6) is 0 Å². The molecule has 1 atom stereocenters. The summed E-state index contributed by atoms with van der Waals surface area (Å²) in [5.74, 6) is 0. The maximum atomic E-state index is 6.80. The van der Waals surface area contributed by atoms with Crippen LogP contribution in [0.4, 0.5) is 17.1 Å². The Morgan fingerprint density at radius 3 is 1.53 bits per heavy atom. The average molecular weight is 726 g/mol. The molecule has 1 spiro atoms. The van der Waals surface area contributed by atoms with Crippen molar-refractivity contribution in [2.45, 2.75) is 5.41 Å². The van der Waals surface area contributed by atoms with Crippen molar-refractivity contribution < 1.29 is 4.42 Å². The van der Waals surface area contributed by atoms with Gasteiger partial charge in [0.15, 0.2) is 0 Å². The minimum atomic E-state index is -0.537. The van der Waals surface area contributed by atoms with Crippen LogP contribution in [0.1, 0.15) is 22.3 Å². The molecular formula is C55H35NO. The highest BCUT2D eigenvalue weighted by Gasteiger charge is 2.53. The summed E-state index contributed by atoms with van der Waals surface area (Å²) in [4.78, 5) is 2.47. The second-order valence-corrected chi connectivity index (χ2v) is 15.2. The lowest BCUT2D eigenvalue weighted by molar-refractivity contribution is 0.669. The van der Waals surface area contributed by atoms with E-state index in [9.17, 15) is 0 Å². The highest BCUT2D eigenvalue weighted by atomic mass is 16.3. The summed E-state index contributed by atoms with van der Waals surface area (Å²) < 4.78 is 6.80. The van der Waals surface area contributed by atoms with Gasteiger partial charge < -0.3 is 9.32 Å². The van der Waals surface area contributed by atoms with Gasteiger partial charge in [-0.3, -0.25) is 0 Å². The Morgan fingerprint density at radius 1 is 0.351 bits per heavy atom. The molecule has 0 saturated heterocycles. The van der Waals surface area contributed by atoms with Crippen LogP contribution in [0.25, 0.3) is 66.4 Å². The Balaban J connectivity index is 1.16. The number of para-hydroxylation sites is 1. The first-order valence-corrected chi connectivity index (χ1v) is 19.7. The molecule has 0 N–H and O–H groups in total. The fourth-order valence-corrected chi connectivity index (χ4v) is 9.96. The van der Waals surface area contributed by atoms with Gasteiger partial charge in [-0.25, -0.2) is 0 Å². The monoisotopic (exact) mass is 725 g/mol. The van der Waals surface area contributed by atoms with Gasteiger partial charge in [0, 0.05) is 33.3 Å². The van der Waals surface area contributed by atoms with E-state index < -0.39 is 5.41 Å². The smallest absolute Gasteiger partial charge is 0.143 e. The van der Waals surface area contributed by atoms with Crippen molar-refractivity contribution >= 4 is 39.0 Å². The summed E-state index contributed by atoms with van der Waals surface area (Å²) in [5, 5.41) is 2.30. The predicted molar refractivity (Wildman–Crippen MR) is 236 cm³/mol. The third-order valence-electron chi connectivity index (χ3n) is 12.3. The van der Waals surface area contributed by atoms with Crippen molar-refractivity contribution in [1.82, 2.24) is 0 Å². The van der Waals surface area contributed by atoms with E-state index in [1.165, 1.54) is 66.8 Å². The van der Waals surface area contributed by atoms with Gasteiger partial charge in [-0.05, 0) is 92.0 Å². The molecule has 2 aliphatic rings. The molecule has 0 amide bonds. The quantitative estimate of drug-likeness (QED) is 0.176. The van der Waals surface area contributed by atoms with E-state index in [2.05, 4.69) is 217 Å². The number of fused-ring (bicyclic) bond motifs is 14. The Hall–Kier alpha value is -7.42. The maximum absolute atomic E-state index is 6.80. The summed E-state index contributed by atoms with van der Waals surface area (Å²) in [5.41, 5.74) is 19.5. The number of hydrogen-bond acceptors (Lipinski definition) is 2. The lowest BCUT2D eigenvalue weighted by atomic mass is 9.70. The molecule has 1 unspecified atom stereocenters. The van der Waals surface area contributed by atoms with Crippen LogP contribution in [0, 0.1) is 0 Å². The third kappa shape index (κ3) is 4.53. The van der Waals surface area contributed by atoms with E-state index in [1.54, 1.807) is 0 Å². The fourth-order valence-electron chi connectivity index (χ4n) is 9.96. The molecule has 0 bridgehead atoms. The second-order valence-electron chi connectivity index (χ2n) is 15.2. The fraction of sp³-hybridized carbons (Fsp3) is 0.0182. The first-order chi connectivity index (χ1) is 28.3. The molecule has 12 rings (SSSR count). The van der Waals surface area contributed by atoms with E-state index in [0.717, 1.165) is 39.0 Å². The van der Waals surface area contributed by atoms with E-state index in [4.69, 9.17) is 4.42 Å². The topological polar surface area (TPSA) is 16.4 Å². The van der Waals surface area contributed by atoms with Crippen LogP contribution in [0.3, 0.4) is 0 Å². The molecule has 9 aromatic carbocycles. The maximum Gasteiger partial charge on any atom is 0.143 e.